The summed E-state index contributed by atoms with van der Waals surface area (Å²) in [4.78, 5) is 23.7. The highest BCUT2D eigenvalue weighted by Crippen LogP contribution is 2.37. The SMILES string of the molecule is COc1cccc(OC)c1OC(=O)CCCC(=O)Oc1ccccc1F. The zero-order chi connectivity index (χ0) is 18.9. The number of rotatable bonds is 8. The van der Waals surface area contributed by atoms with Gasteiger partial charge in [0.05, 0.1) is 14.2 Å². The number of methoxy groups -OCH3 is 2. The van der Waals surface area contributed by atoms with E-state index in [1.807, 2.05) is 0 Å². The van der Waals surface area contributed by atoms with Crippen LogP contribution in [0.5, 0.6) is 23.0 Å². The summed E-state index contributed by atoms with van der Waals surface area (Å²) in [6.07, 6.45) is 0.129. The highest BCUT2D eigenvalue weighted by molar-refractivity contribution is 5.76. The van der Waals surface area contributed by atoms with Crippen molar-refractivity contribution in [1.29, 1.82) is 0 Å². The molecular formula is C19H19FO6. The van der Waals surface area contributed by atoms with Crippen molar-refractivity contribution in [2.75, 3.05) is 14.2 Å². The molecule has 0 bridgehead atoms. The molecule has 0 aliphatic rings. The molecule has 0 radical (unpaired) electrons. The molecule has 0 aliphatic heterocycles. The van der Waals surface area contributed by atoms with Gasteiger partial charge in [-0.25, -0.2) is 4.39 Å². The largest absolute Gasteiger partial charge is 0.493 e. The number of hydrogen-bond acceptors (Lipinski definition) is 6. The van der Waals surface area contributed by atoms with Gasteiger partial charge in [0.2, 0.25) is 5.75 Å². The first-order valence-corrected chi connectivity index (χ1v) is 7.92. The smallest absolute Gasteiger partial charge is 0.311 e. The van der Waals surface area contributed by atoms with Gasteiger partial charge in [-0.3, -0.25) is 9.59 Å². The highest BCUT2D eigenvalue weighted by Gasteiger charge is 2.16. The maximum atomic E-state index is 13.4. The number of para-hydroxylation sites is 2. The molecule has 0 saturated heterocycles. The summed E-state index contributed by atoms with van der Waals surface area (Å²) in [5.41, 5.74) is 0. The Morgan fingerprint density at radius 1 is 0.808 bits per heavy atom. The second-order valence-electron chi connectivity index (χ2n) is 5.22. The number of carbonyl (C=O) groups is 2. The zero-order valence-electron chi connectivity index (χ0n) is 14.5. The van der Waals surface area contributed by atoms with Gasteiger partial charge in [0, 0.05) is 12.8 Å². The number of hydrogen-bond donors (Lipinski definition) is 0. The lowest BCUT2D eigenvalue weighted by Crippen LogP contribution is -2.12. The van der Waals surface area contributed by atoms with Gasteiger partial charge in [-0.15, -0.1) is 0 Å². The number of carbonyl (C=O) groups excluding carboxylic acids is 2. The van der Waals surface area contributed by atoms with Crippen LogP contribution in [0.15, 0.2) is 42.5 Å². The van der Waals surface area contributed by atoms with Crippen molar-refractivity contribution >= 4 is 11.9 Å². The number of ether oxygens (including phenoxy) is 4. The van der Waals surface area contributed by atoms with Gasteiger partial charge in [-0.1, -0.05) is 18.2 Å². The zero-order valence-corrected chi connectivity index (χ0v) is 14.5. The number of halogens is 1. The van der Waals surface area contributed by atoms with E-state index in [1.165, 1.54) is 32.4 Å². The van der Waals surface area contributed by atoms with Crippen LogP contribution in [0.4, 0.5) is 4.39 Å². The quantitative estimate of drug-likeness (QED) is 0.529. The Morgan fingerprint density at radius 2 is 1.35 bits per heavy atom. The van der Waals surface area contributed by atoms with E-state index in [0.717, 1.165) is 0 Å². The van der Waals surface area contributed by atoms with E-state index in [9.17, 15) is 14.0 Å². The summed E-state index contributed by atoms with van der Waals surface area (Å²) in [5.74, 6) is -1.05. The molecule has 0 aromatic heterocycles. The third-order valence-electron chi connectivity index (χ3n) is 3.42. The van der Waals surface area contributed by atoms with E-state index >= 15 is 0 Å². The lowest BCUT2D eigenvalue weighted by molar-refractivity contribution is -0.136. The van der Waals surface area contributed by atoms with Crippen molar-refractivity contribution in [3.8, 4) is 23.0 Å². The van der Waals surface area contributed by atoms with E-state index in [2.05, 4.69) is 0 Å². The average Bonchev–Trinajstić information content (AvgIpc) is 2.63. The molecule has 7 heteroatoms. The van der Waals surface area contributed by atoms with Crippen molar-refractivity contribution < 1.29 is 32.9 Å². The maximum absolute atomic E-state index is 13.4. The van der Waals surface area contributed by atoms with E-state index in [0.29, 0.717) is 11.5 Å². The van der Waals surface area contributed by atoms with Crippen LogP contribution >= 0.6 is 0 Å². The molecule has 6 nitrogen and oxygen atoms in total. The highest BCUT2D eigenvalue weighted by atomic mass is 19.1. The van der Waals surface area contributed by atoms with Gasteiger partial charge in [-0.05, 0) is 30.7 Å². The van der Waals surface area contributed by atoms with Crippen LogP contribution < -0.4 is 18.9 Å². The Morgan fingerprint density at radius 3 is 1.92 bits per heavy atom. The van der Waals surface area contributed by atoms with Crippen molar-refractivity contribution in [2.45, 2.75) is 19.3 Å². The predicted octanol–water partition coefficient (Wildman–Crippen LogP) is 3.52. The van der Waals surface area contributed by atoms with Crippen molar-refractivity contribution in [3.05, 3.63) is 48.3 Å². The van der Waals surface area contributed by atoms with E-state index in [-0.39, 0.29) is 30.8 Å². The molecule has 0 spiro atoms. The minimum absolute atomic E-state index is 0.0203. The fraction of sp³-hybridized carbons (Fsp3) is 0.263. The van der Waals surface area contributed by atoms with Gasteiger partial charge in [0.25, 0.3) is 0 Å². The molecule has 138 valence electrons. The minimum Gasteiger partial charge on any atom is -0.493 e. The molecule has 0 saturated carbocycles. The molecule has 2 rings (SSSR count). The third kappa shape index (κ3) is 5.20. The minimum atomic E-state index is -0.627. The topological polar surface area (TPSA) is 71.1 Å². The second-order valence-corrected chi connectivity index (χ2v) is 5.22. The molecule has 0 unspecified atom stereocenters. The summed E-state index contributed by atoms with van der Waals surface area (Å²) in [6.45, 7) is 0. The molecule has 26 heavy (non-hydrogen) atoms. The Labute approximate surface area is 150 Å². The Balaban J connectivity index is 1.84. The van der Waals surface area contributed by atoms with Gasteiger partial charge in [0.15, 0.2) is 23.1 Å². The summed E-state index contributed by atoms with van der Waals surface area (Å²) in [5, 5.41) is 0. The lowest BCUT2D eigenvalue weighted by atomic mass is 10.2. The van der Waals surface area contributed by atoms with Gasteiger partial charge >= 0.3 is 11.9 Å². The fourth-order valence-electron chi connectivity index (χ4n) is 2.16. The summed E-state index contributed by atoms with van der Waals surface area (Å²) in [6, 6.07) is 10.6. The molecule has 0 aliphatic carbocycles. The Kier molecular flexibility index (Phi) is 6.96. The van der Waals surface area contributed by atoms with Gasteiger partial charge in [-0.2, -0.15) is 0 Å². The molecule has 0 heterocycles. The van der Waals surface area contributed by atoms with Gasteiger partial charge < -0.3 is 18.9 Å². The Hall–Kier alpha value is -3.09. The Bertz CT molecular complexity index is 752. The normalized spacial score (nSPS) is 10.1. The summed E-state index contributed by atoms with van der Waals surface area (Å²) >= 11 is 0. The van der Waals surface area contributed by atoms with Gasteiger partial charge in [0.1, 0.15) is 0 Å². The molecule has 0 N–H and O–H groups in total. The van der Waals surface area contributed by atoms with Crippen LogP contribution in [0.1, 0.15) is 19.3 Å². The van der Waals surface area contributed by atoms with Crippen molar-refractivity contribution in [2.24, 2.45) is 0 Å². The first-order chi connectivity index (χ1) is 12.5. The van der Waals surface area contributed by atoms with Crippen LogP contribution in [0.3, 0.4) is 0 Å². The van der Waals surface area contributed by atoms with Crippen LogP contribution in [-0.2, 0) is 9.59 Å². The van der Waals surface area contributed by atoms with Crippen LogP contribution in [-0.4, -0.2) is 26.2 Å². The first-order valence-electron chi connectivity index (χ1n) is 7.92. The molecule has 0 amide bonds. The standard InChI is InChI=1S/C19H19FO6/c1-23-15-9-5-10-16(24-2)19(15)26-18(22)12-6-11-17(21)25-14-8-4-3-7-13(14)20/h3-5,7-10H,6,11-12H2,1-2H3. The van der Waals surface area contributed by atoms with Crippen LogP contribution in [0.25, 0.3) is 0 Å². The van der Waals surface area contributed by atoms with Crippen LogP contribution in [0, 0.1) is 5.82 Å². The predicted molar refractivity (Wildman–Crippen MR) is 91.1 cm³/mol. The monoisotopic (exact) mass is 362 g/mol. The van der Waals surface area contributed by atoms with Crippen molar-refractivity contribution in [3.63, 3.8) is 0 Å². The van der Waals surface area contributed by atoms with Crippen molar-refractivity contribution in [1.82, 2.24) is 0 Å². The molecule has 0 atom stereocenters. The lowest BCUT2D eigenvalue weighted by Gasteiger charge is -2.12. The maximum Gasteiger partial charge on any atom is 0.311 e. The average molecular weight is 362 g/mol. The fourth-order valence-corrected chi connectivity index (χ4v) is 2.16. The molecule has 2 aromatic carbocycles. The van der Waals surface area contributed by atoms with E-state index in [4.69, 9.17) is 18.9 Å². The van der Waals surface area contributed by atoms with E-state index < -0.39 is 17.8 Å². The molecular weight excluding hydrogens is 343 g/mol. The molecule has 0 fully saturated rings. The summed E-state index contributed by atoms with van der Waals surface area (Å²) < 4.78 is 33.9. The first kappa shape index (κ1) is 19.2. The number of esters is 2. The summed E-state index contributed by atoms with van der Waals surface area (Å²) in [7, 11) is 2.90. The second kappa shape index (κ2) is 9.41. The van der Waals surface area contributed by atoms with Crippen LogP contribution in [0.2, 0.25) is 0 Å². The number of benzene rings is 2. The van der Waals surface area contributed by atoms with E-state index in [1.54, 1.807) is 24.3 Å². The molecule has 2 aromatic rings. The third-order valence-corrected chi connectivity index (χ3v) is 3.42.